The fourth-order valence-electron chi connectivity index (χ4n) is 3.61. The van der Waals surface area contributed by atoms with Gasteiger partial charge >= 0.3 is 0 Å². The highest BCUT2D eigenvalue weighted by Gasteiger charge is 2.27. The first-order valence-corrected chi connectivity index (χ1v) is 9.22. The molecule has 0 bridgehead atoms. The summed E-state index contributed by atoms with van der Waals surface area (Å²) in [6, 6.07) is 11.9. The summed E-state index contributed by atoms with van der Waals surface area (Å²) in [5.74, 6) is 0.430. The van der Waals surface area contributed by atoms with Crippen molar-refractivity contribution in [3.8, 4) is 28.6 Å². The average Bonchev–Trinajstić information content (AvgIpc) is 3.18. The van der Waals surface area contributed by atoms with Crippen molar-refractivity contribution in [1.29, 1.82) is 0 Å². The predicted molar refractivity (Wildman–Crippen MR) is 104 cm³/mol. The van der Waals surface area contributed by atoms with Gasteiger partial charge in [0, 0.05) is 24.2 Å². The van der Waals surface area contributed by atoms with E-state index in [1.54, 1.807) is 30.3 Å². The number of benzene rings is 2. The van der Waals surface area contributed by atoms with Crippen molar-refractivity contribution in [3.63, 3.8) is 0 Å². The quantitative estimate of drug-likeness (QED) is 0.528. The molecule has 1 fully saturated rings. The van der Waals surface area contributed by atoms with E-state index < -0.39 is 0 Å². The van der Waals surface area contributed by atoms with E-state index in [-0.39, 0.29) is 34.1 Å². The zero-order valence-electron chi connectivity index (χ0n) is 15.4. The normalized spacial score (nSPS) is 16.9. The van der Waals surface area contributed by atoms with Gasteiger partial charge in [-0.2, -0.15) is 4.98 Å². The maximum absolute atomic E-state index is 11.7. The van der Waals surface area contributed by atoms with Crippen molar-refractivity contribution in [1.82, 2.24) is 10.1 Å². The van der Waals surface area contributed by atoms with E-state index in [0.717, 1.165) is 25.8 Å². The van der Waals surface area contributed by atoms with Gasteiger partial charge in [-0.3, -0.25) is 10.1 Å². The van der Waals surface area contributed by atoms with Crippen molar-refractivity contribution in [2.24, 2.45) is 0 Å². The van der Waals surface area contributed by atoms with Crippen molar-refractivity contribution in [3.05, 3.63) is 52.6 Å². The first kappa shape index (κ1) is 18.0. The third kappa shape index (κ3) is 3.28. The third-order valence-electron chi connectivity index (χ3n) is 5.10. The van der Waals surface area contributed by atoms with Crippen LogP contribution in [0.1, 0.15) is 26.2 Å². The molecule has 1 atom stereocenters. The summed E-state index contributed by atoms with van der Waals surface area (Å²) >= 11 is 0. The van der Waals surface area contributed by atoms with Gasteiger partial charge in [-0.05, 0) is 50.5 Å². The van der Waals surface area contributed by atoms with Gasteiger partial charge < -0.3 is 14.5 Å². The molecule has 0 amide bonds. The van der Waals surface area contributed by atoms with Crippen LogP contribution in [0, 0.1) is 10.1 Å². The second-order valence-electron chi connectivity index (χ2n) is 6.94. The summed E-state index contributed by atoms with van der Waals surface area (Å²) in [5, 5.41) is 25.6. The Kier molecular flexibility index (Phi) is 4.68. The molecular formula is C20H20N4O4. The van der Waals surface area contributed by atoms with Gasteiger partial charge in [-0.1, -0.05) is 17.3 Å². The molecule has 1 aliphatic heterocycles. The third-order valence-corrected chi connectivity index (χ3v) is 5.10. The lowest BCUT2D eigenvalue weighted by molar-refractivity contribution is -0.384. The minimum atomic E-state index is -0.375. The van der Waals surface area contributed by atoms with E-state index in [1.807, 2.05) is 0 Å². The first-order valence-electron chi connectivity index (χ1n) is 9.22. The van der Waals surface area contributed by atoms with Crippen LogP contribution in [0.5, 0.6) is 5.75 Å². The van der Waals surface area contributed by atoms with Crippen molar-refractivity contribution in [2.45, 2.75) is 32.2 Å². The number of phenolic OH excluding ortho intramolecular Hbond substituents is 1. The molecule has 0 saturated carbocycles. The van der Waals surface area contributed by atoms with Gasteiger partial charge in [-0.25, -0.2) is 0 Å². The molecule has 1 aromatic heterocycles. The second kappa shape index (κ2) is 7.30. The predicted octanol–water partition coefficient (Wildman–Crippen LogP) is 4.40. The number of para-hydroxylation sites is 1. The van der Waals surface area contributed by atoms with Crippen LogP contribution >= 0.6 is 0 Å². The number of nitro benzene ring substituents is 1. The number of hydrogen-bond donors (Lipinski definition) is 1. The maximum Gasteiger partial charge on any atom is 0.293 e. The van der Waals surface area contributed by atoms with Crippen LogP contribution in [0.15, 0.2) is 47.0 Å². The van der Waals surface area contributed by atoms with E-state index in [2.05, 4.69) is 22.0 Å². The van der Waals surface area contributed by atoms with Gasteiger partial charge in [0.05, 0.1) is 10.5 Å². The highest BCUT2D eigenvalue weighted by Crippen LogP contribution is 2.36. The molecule has 1 aliphatic rings. The van der Waals surface area contributed by atoms with Gasteiger partial charge in [0.15, 0.2) is 0 Å². The topological polar surface area (TPSA) is 106 Å². The van der Waals surface area contributed by atoms with Gasteiger partial charge in [0.2, 0.25) is 5.82 Å². The molecule has 28 heavy (non-hydrogen) atoms. The zero-order valence-corrected chi connectivity index (χ0v) is 15.4. The van der Waals surface area contributed by atoms with Gasteiger partial charge in [-0.15, -0.1) is 0 Å². The van der Waals surface area contributed by atoms with E-state index in [9.17, 15) is 15.2 Å². The summed E-state index contributed by atoms with van der Waals surface area (Å²) < 4.78 is 5.29. The number of aromatic nitrogens is 2. The van der Waals surface area contributed by atoms with Gasteiger partial charge in [0.1, 0.15) is 11.4 Å². The molecule has 3 aromatic rings. The molecule has 1 unspecified atom stereocenters. The van der Waals surface area contributed by atoms with Gasteiger partial charge in [0.25, 0.3) is 11.6 Å². The van der Waals surface area contributed by atoms with E-state index in [1.165, 1.54) is 12.1 Å². The summed E-state index contributed by atoms with van der Waals surface area (Å²) in [7, 11) is 0. The number of hydrogen-bond acceptors (Lipinski definition) is 7. The molecule has 1 saturated heterocycles. The molecule has 8 heteroatoms. The summed E-state index contributed by atoms with van der Waals surface area (Å²) in [6.45, 7) is 2.90. The van der Waals surface area contributed by atoms with Crippen molar-refractivity contribution < 1.29 is 14.6 Å². The standard InChI is InChI=1S/C20H20N4O4/c1-13-6-4-5-11-23(13)16-10-9-14(12-17(16)24(26)27)20-21-19(22-28-20)15-7-2-3-8-18(15)25/h2-3,7-10,12-13,25H,4-6,11H2,1H3. The molecular weight excluding hydrogens is 360 g/mol. The van der Waals surface area contributed by atoms with Crippen LogP contribution in [0.4, 0.5) is 11.4 Å². The number of nitrogens with zero attached hydrogens (tertiary/aromatic N) is 4. The lowest BCUT2D eigenvalue weighted by Gasteiger charge is -2.35. The monoisotopic (exact) mass is 380 g/mol. The van der Waals surface area contributed by atoms with Crippen LogP contribution in [0.3, 0.4) is 0 Å². The van der Waals surface area contributed by atoms with Crippen molar-refractivity contribution in [2.75, 3.05) is 11.4 Å². The Hall–Kier alpha value is -3.42. The molecule has 1 N–H and O–H groups in total. The Morgan fingerprint density at radius 3 is 2.82 bits per heavy atom. The fraction of sp³-hybridized carbons (Fsp3) is 0.300. The summed E-state index contributed by atoms with van der Waals surface area (Å²) in [5.41, 5.74) is 1.54. The lowest BCUT2D eigenvalue weighted by Crippen LogP contribution is -2.37. The SMILES string of the molecule is CC1CCCCN1c1ccc(-c2nc(-c3ccccc3O)no2)cc1[N+](=O)[O-]. The van der Waals surface area contributed by atoms with Crippen LogP contribution in [-0.4, -0.2) is 32.8 Å². The van der Waals surface area contributed by atoms with Crippen LogP contribution in [0.25, 0.3) is 22.8 Å². The largest absolute Gasteiger partial charge is 0.507 e. The summed E-state index contributed by atoms with van der Waals surface area (Å²) in [6.07, 6.45) is 3.18. The molecule has 8 nitrogen and oxygen atoms in total. The second-order valence-corrected chi connectivity index (χ2v) is 6.94. The molecule has 2 aromatic carbocycles. The minimum Gasteiger partial charge on any atom is -0.507 e. The van der Waals surface area contributed by atoms with Crippen molar-refractivity contribution >= 4 is 11.4 Å². The van der Waals surface area contributed by atoms with Crippen LogP contribution in [0.2, 0.25) is 0 Å². The number of anilines is 1. The zero-order chi connectivity index (χ0) is 19.7. The highest BCUT2D eigenvalue weighted by molar-refractivity contribution is 5.72. The Morgan fingerprint density at radius 2 is 2.07 bits per heavy atom. The average molecular weight is 380 g/mol. The minimum absolute atomic E-state index is 0.0218. The number of aromatic hydroxyl groups is 1. The molecule has 0 spiro atoms. The Balaban J connectivity index is 1.71. The lowest BCUT2D eigenvalue weighted by atomic mass is 10.0. The Bertz CT molecular complexity index is 1020. The molecule has 0 radical (unpaired) electrons. The number of piperidine rings is 1. The van der Waals surface area contributed by atoms with E-state index in [0.29, 0.717) is 16.8 Å². The summed E-state index contributed by atoms with van der Waals surface area (Å²) in [4.78, 5) is 17.7. The van der Waals surface area contributed by atoms with E-state index in [4.69, 9.17) is 4.52 Å². The molecule has 2 heterocycles. The highest BCUT2D eigenvalue weighted by atomic mass is 16.6. The Morgan fingerprint density at radius 1 is 1.25 bits per heavy atom. The van der Waals surface area contributed by atoms with E-state index >= 15 is 0 Å². The smallest absolute Gasteiger partial charge is 0.293 e. The fourth-order valence-corrected chi connectivity index (χ4v) is 3.61. The number of nitro groups is 1. The molecule has 4 rings (SSSR count). The van der Waals surface area contributed by atoms with Crippen LogP contribution < -0.4 is 4.90 Å². The first-order chi connectivity index (χ1) is 13.5. The molecule has 0 aliphatic carbocycles. The number of rotatable bonds is 4. The maximum atomic E-state index is 11.7. The molecule has 144 valence electrons. The van der Waals surface area contributed by atoms with Crippen LogP contribution in [-0.2, 0) is 0 Å². The Labute approximate surface area is 161 Å². The number of phenols is 1.